The molecule has 8 nitrogen and oxygen atoms in total. The standard InChI is InChI=1S/4C8H14O2.Th/c4*1-6(2)4-8(10)5-7(3)9;/h4*5-6,10H,4H2,1-3H3;/q;;;;+4/p-4/b4*8-5-;. The van der Waals surface area contributed by atoms with E-state index in [-0.39, 0.29) is 86.1 Å². The molecule has 0 unspecified atom stereocenters. The zero-order chi connectivity index (χ0) is 32.6. The minimum Gasteiger partial charge on any atom is -0.875 e. The summed E-state index contributed by atoms with van der Waals surface area (Å²) in [5, 5.41) is 43.2. The van der Waals surface area contributed by atoms with E-state index in [0.29, 0.717) is 49.4 Å². The van der Waals surface area contributed by atoms with E-state index < -0.39 is 0 Å². The number of carbonyl (C=O) groups is 4. The van der Waals surface area contributed by atoms with Gasteiger partial charge in [0.15, 0.2) is 23.1 Å². The molecule has 0 aromatic carbocycles. The van der Waals surface area contributed by atoms with Gasteiger partial charge in [0.25, 0.3) is 0 Å². The molecule has 0 heterocycles. The Morgan fingerprint density at radius 3 is 0.610 bits per heavy atom. The number of carbonyl (C=O) groups excluding carboxylic acids is 4. The maximum Gasteiger partial charge on any atom is 4.00 e. The van der Waals surface area contributed by atoms with Crippen LogP contribution in [0.25, 0.3) is 0 Å². The number of rotatable bonds is 12. The fourth-order valence-corrected chi connectivity index (χ4v) is 2.75. The topological polar surface area (TPSA) is 161 Å². The van der Waals surface area contributed by atoms with Crippen LogP contribution >= 0.6 is 0 Å². The summed E-state index contributed by atoms with van der Waals surface area (Å²) in [7, 11) is 0. The van der Waals surface area contributed by atoms with Crippen LogP contribution in [0.1, 0.15) is 109 Å². The van der Waals surface area contributed by atoms with Crippen LogP contribution in [0.3, 0.4) is 0 Å². The average Bonchev–Trinajstić information content (AvgIpc) is 2.63. The van der Waals surface area contributed by atoms with Gasteiger partial charge in [-0.3, -0.25) is 19.2 Å². The Balaban J connectivity index is -0.000000139. The van der Waals surface area contributed by atoms with Crippen LogP contribution in [-0.2, 0) is 19.2 Å². The van der Waals surface area contributed by atoms with Gasteiger partial charge in [0.1, 0.15) is 0 Å². The van der Waals surface area contributed by atoms with Gasteiger partial charge in [-0.25, -0.2) is 0 Å². The van der Waals surface area contributed by atoms with Crippen molar-refractivity contribution >= 4 is 23.1 Å². The van der Waals surface area contributed by atoms with Crippen molar-refractivity contribution in [3.05, 3.63) is 47.3 Å². The van der Waals surface area contributed by atoms with Gasteiger partial charge in [-0.15, -0.1) is 23.0 Å². The minimum absolute atomic E-state index is 0. The molecule has 0 spiro atoms. The molecule has 9 heteroatoms. The number of ketones is 4. The average molecular weight is 797 g/mol. The second-order valence-electron chi connectivity index (χ2n) is 11.3. The molecule has 0 atom stereocenters. The molecule has 0 aliphatic heterocycles. The van der Waals surface area contributed by atoms with E-state index in [0.717, 1.165) is 24.3 Å². The summed E-state index contributed by atoms with van der Waals surface area (Å²) in [5.74, 6) is 0.431. The molecule has 0 saturated carbocycles. The summed E-state index contributed by atoms with van der Waals surface area (Å²) in [6, 6.07) is 0. The summed E-state index contributed by atoms with van der Waals surface area (Å²) in [4.78, 5) is 41.4. The van der Waals surface area contributed by atoms with Crippen LogP contribution in [0.4, 0.5) is 0 Å². The minimum atomic E-state index is -0.161. The quantitative estimate of drug-likeness (QED) is 0.215. The molecular formula is C32H52O8Th. The van der Waals surface area contributed by atoms with Crippen molar-refractivity contribution in [1.82, 2.24) is 0 Å². The second-order valence-corrected chi connectivity index (χ2v) is 11.3. The zero-order valence-electron chi connectivity index (χ0n) is 27.2. The fraction of sp³-hybridized carbons (Fsp3) is 0.625. The van der Waals surface area contributed by atoms with Crippen LogP contribution < -0.4 is 20.4 Å². The summed E-state index contributed by atoms with van der Waals surface area (Å²) in [6.07, 6.45) is 6.50. The maximum atomic E-state index is 10.8. The van der Waals surface area contributed by atoms with Crippen molar-refractivity contribution in [3.8, 4) is 0 Å². The first-order valence-corrected chi connectivity index (χ1v) is 13.6. The first kappa shape index (κ1) is 48.9. The molecule has 0 aliphatic carbocycles. The van der Waals surface area contributed by atoms with Gasteiger partial charge in [0.2, 0.25) is 0 Å². The van der Waals surface area contributed by atoms with Crippen LogP contribution in [0.2, 0.25) is 0 Å². The molecule has 0 radical (unpaired) electrons. The summed E-state index contributed by atoms with van der Waals surface area (Å²) < 4.78 is 0. The van der Waals surface area contributed by atoms with E-state index in [1.807, 2.05) is 55.4 Å². The van der Waals surface area contributed by atoms with Gasteiger partial charge in [-0.2, -0.15) is 0 Å². The number of allylic oxidation sites excluding steroid dienone is 8. The first-order valence-electron chi connectivity index (χ1n) is 13.6. The van der Waals surface area contributed by atoms with Gasteiger partial charge in [-0.05, 0) is 101 Å². The summed E-state index contributed by atoms with van der Waals surface area (Å²) >= 11 is 0. The third-order valence-corrected chi connectivity index (χ3v) is 3.89. The molecule has 0 bridgehead atoms. The van der Waals surface area contributed by atoms with Crippen molar-refractivity contribution in [2.75, 3.05) is 0 Å². The second kappa shape index (κ2) is 29.7. The molecule has 232 valence electrons. The Hall–Kier alpha value is -1.84. The van der Waals surface area contributed by atoms with Gasteiger partial charge >= 0.3 is 39.9 Å². The third kappa shape index (κ3) is 54.9. The fourth-order valence-electron chi connectivity index (χ4n) is 2.75. The van der Waals surface area contributed by atoms with Gasteiger partial charge < -0.3 is 20.4 Å². The van der Waals surface area contributed by atoms with E-state index in [2.05, 4.69) is 0 Å². The van der Waals surface area contributed by atoms with Crippen molar-refractivity contribution < 1.29 is 79.5 Å². The Morgan fingerprint density at radius 2 is 0.537 bits per heavy atom. The molecule has 0 aromatic heterocycles. The maximum absolute atomic E-state index is 10.8. The Labute approximate surface area is 280 Å². The smallest absolute Gasteiger partial charge is 0.875 e. The molecule has 0 amide bonds. The van der Waals surface area contributed by atoms with Crippen LogP contribution in [-0.4, -0.2) is 23.1 Å². The van der Waals surface area contributed by atoms with E-state index in [1.165, 1.54) is 27.7 Å². The Morgan fingerprint density at radius 1 is 0.415 bits per heavy atom. The van der Waals surface area contributed by atoms with E-state index in [9.17, 15) is 39.6 Å². The predicted molar refractivity (Wildman–Crippen MR) is 153 cm³/mol. The van der Waals surface area contributed by atoms with Crippen molar-refractivity contribution in [2.24, 2.45) is 23.7 Å². The van der Waals surface area contributed by atoms with E-state index >= 15 is 0 Å². The molecule has 0 fully saturated rings. The molecule has 0 rings (SSSR count). The van der Waals surface area contributed by atoms with Gasteiger partial charge in [0.05, 0.1) is 0 Å². The number of hydrogen-bond acceptors (Lipinski definition) is 8. The summed E-state index contributed by atoms with van der Waals surface area (Å²) in [6.45, 7) is 21.2. The third-order valence-electron chi connectivity index (χ3n) is 3.89. The Kier molecular flexibility index (Phi) is 35.3. The van der Waals surface area contributed by atoms with Crippen molar-refractivity contribution in [2.45, 2.75) is 109 Å². The summed E-state index contributed by atoms with van der Waals surface area (Å²) in [5.41, 5.74) is 0. The van der Waals surface area contributed by atoms with Crippen LogP contribution in [0, 0.1) is 63.6 Å². The van der Waals surface area contributed by atoms with Gasteiger partial charge in [0, 0.05) is 0 Å². The molecule has 0 N–H and O–H groups in total. The molecule has 0 saturated heterocycles. The molecule has 0 aliphatic rings. The molecular weight excluding hydrogens is 744 g/mol. The monoisotopic (exact) mass is 796 g/mol. The van der Waals surface area contributed by atoms with E-state index in [4.69, 9.17) is 0 Å². The first-order chi connectivity index (χ1) is 18.1. The van der Waals surface area contributed by atoms with Crippen LogP contribution in [0.5, 0.6) is 0 Å². The van der Waals surface area contributed by atoms with Crippen LogP contribution in [0.15, 0.2) is 47.3 Å². The van der Waals surface area contributed by atoms with E-state index in [1.54, 1.807) is 0 Å². The Bertz CT molecular complexity index is 732. The molecule has 41 heavy (non-hydrogen) atoms. The largest absolute Gasteiger partial charge is 4.00 e. The molecule has 0 aromatic rings. The zero-order valence-corrected chi connectivity index (χ0v) is 31.3. The SMILES string of the molecule is CC(=O)/C=C(\[O-])CC(C)C.CC(=O)/C=C(\[O-])CC(C)C.CC(=O)/C=C(\[O-])CC(C)C.CC(=O)/C=C(\[O-])CC(C)C.[Th+4]. The van der Waals surface area contributed by atoms with Crippen molar-refractivity contribution in [1.29, 1.82) is 0 Å². The normalized spacial score (nSPS) is 11.9. The van der Waals surface area contributed by atoms with Crippen molar-refractivity contribution in [3.63, 3.8) is 0 Å². The van der Waals surface area contributed by atoms with Gasteiger partial charge in [-0.1, -0.05) is 55.4 Å². The number of hydrogen-bond donors (Lipinski definition) is 0. The predicted octanol–water partition coefficient (Wildman–Crippen LogP) is 3.46.